The monoisotopic (exact) mass is 328 g/mol. The molecule has 2 aromatic rings. The van der Waals surface area contributed by atoms with E-state index >= 15 is 0 Å². The molecule has 2 nitrogen and oxygen atoms in total. The minimum atomic E-state index is 0.574. The van der Waals surface area contributed by atoms with E-state index in [-0.39, 0.29) is 0 Å². The van der Waals surface area contributed by atoms with E-state index in [1.807, 2.05) is 31.2 Å². The van der Waals surface area contributed by atoms with Gasteiger partial charge in [0.2, 0.25) is 0 Å². The van der Waals surface area contributed by atoms with Crippen LogP contribution in [-0.4, -0.2) is 4.98 Å². The smallest absolute Gasteiger partial charge is 0.115 e. The number of pyridine rings is 1. The molecule has 88 valence electrons. The van der Waals surface area contributed by atoms with Crippen molar-refractivity contribution in [2.45, 2.75) is 16.8 Å². The number of nitrogens with zero attached hydrogens (tertiary/aromatic N) is 1. The molecule has 0 saturated heterocycles. The fraction of sp³-hybridized carbons (Fsp3) is 0.0833. The Morgan fingerprint density at radius 2 is 2.18 bits per heavy atom. The van der Waals surface area contributed by atoms with Crippen LogP contribution in [0, 0.1) is 6.92 Å². The third-order valence-corrected chi connectivity index (χ3v) is 4.63. The number of anilines is 1. The van der Waals surface area contributed by atoms with Gasteiger partial charge in [-0.1, -0.05) is 23.4 Å². The van der Waals surface area contributed by atoms with Gasteiger partial charge in [0.25, 0.3) is 0 Å². The Hall–Kier alpha value is -0.710. The first kappa shape index (κ1) is 12.7. The molecule has 0 aliphatic rings. The summed E-state index contributed by atoms with van der Waals surface area (Å²) in [5, 5.41) is 1.49. The van der Waals surface area contributed by atoms with Crippen LogP contribution in [0.2, 0.25) is 5.02 Å². The molecule has 0 fully saturated rings. The Balaban J connectivity index is 2.37. The lowest BCUT2D eigenvalue weighted by Crippen LogP contribution is -1.90. The van der Waals surface area contributed by atoms with Gasteiger partial charge in [0, 0.05) is 11.1 Å². The van der Waals surface area contributed by atoms with Crippen LogP contribution in [0.25, 0.3) is 0 Å². The largest absolute Gasteiger partial charge is 0.398 e. The van der Waals surface area contributed by atoms with Crippen molar-refractivity contribution in [3.8, 4) is 0 Å². The van der Waals surface area contributed by atoms with E-state index < -0.39 is 0 Å². The predicted octanol–water partition coefficient (Wildman–Crippen LogP) is 4.54. The van der Waals surface area contributed by atoms with E-state index in [0.29, 0.717) is 10.7 Å². The molecule has 17 heavy (non-hydrogen) atoms. The van der Waals surface area contributed by atoms with E-state index in [2.05, 4.69) is 20.9 Å². The molecule has 2 N–H and O–H groups in total. The summed E-state index contributed by atoms with van der Waals surface area (Å²) in [6.45, 7) is 2.01. The quantitative estimate of drug-likeness (QED) is 0.822. The molecule has 2 rings (SSSR count). The zero-order valence-electron chi connectivity index (χ0n) is 9.08. The van der Waals surface area contributed by atoms with Crippen LogP contribution in [0.3, 0.4) is 0 Å². The summed E-state index contributed by atoms with van der Waals surface area (Å²) in [7, 11) is 0. The summed E-state index contributed by atoms with van der Waals surface area (Å²) in [5.41, 5.74) is 7.44. The molecule has 0 aliphatic heterocycles. The van der Waals surface area contributed by atoms with E-state index in [1.54, 1.807) is 18.0 Å². The first-order valence-corrected chi connectivity index (χ1v) is 6.90. The zero-order chi connectivity index (χ0) is 12.4. The number of aromatic nitrogens is 1. The average molecular weight is 330 g/mol. The summed E-state index contributed by atoms with van der Waals surface area (Å²) in [4.78, 5) is 5.37. The van der Waals surface area contributed by atoms with Crippen LogP contribution in [0.4, 0.5) is 5.69 Å². The molecule has 5 heteroatoms. The van der Waals surface area contributed by atoms with Gasteiger partial charge < -0.3 is 5.73 Å². The highest BCUT2D eigenvalue weighted by molar-refractivity contribution is 9.10. The summed E-state index contributed by atoms with van der Waals surface area (Å²) in [5.74, 6) is 0. The number of benzene rings is 1. The molecule has 1 aromatic heterocycles. The summed E-state index contributed by atoms with van der Waals surface area (Å²) >= 11 is 11.1. The van der Waals surface area contributed by atoms with Crippen LogP contribution in [0.1, 0.15) is 5.56 Å². The van der Waals surface area contributed by atoms with Crippen molar-refractivity contribution in [2.75, 3.05) is 5.73 Å². The minimum absolute atomic E-state index is 0.574. The van der Waals surface area contributed by atoms with Gasteiger partial charge in [0.05, 0.1) is 15.2 Å². The predicted molar refractivity (Wildman–Crippen MR) is 76.7 cm³/mol. The van der Waals surface area contributed by atoms with E-state index in [1.165, 1.54) is 0 Å². The Bertz CT molecular complexity index is 560. The van der Waals surface area contributed by atoms with Gasteiger partial charge in [0.15, 0.2) is 0 Å². The number of aryl methyl sites for hydroxylation is 1. The maximum Gasteiger partial charge on any atom is 0.115 e. The van der Waals surface area contributed by atoms with Crippen molar-refractivity contribution >= 4 is 45.0 Å². The van der Waals surface area contributed by atoms with Gasteiger partial charge >= 0.3 is 0 Å². The normalized spacial score (nSPS) is 10.5. The first-order valence-electron chi connectivity index (χ1n) is 4.92. The molecule has 0 saturated carbocycles. The highest BCUT2D eigenvalue weighted by Crippen LogP contribution is 2.36. The number of nitrogens with two attached hydrogens (primary N) is 1. The molecule has 0 atom stereocenters. The van der Waals surface area contributed by atoms with E-state index in [4.69, 9.17) is 17.3 Å². The maximum atomic E-state index is 6.02. The lowest BCUT2D eigenvalue weighted by molar-refractivity contribution is 1.10. The Morgan fingerprint density at radius 3 is 2.88 bits per heavy atom. The van der Waals surface area contributed by atoms with Gasteiger partial charge in [-0.25, -0.2) is 4.98 Å². The Morgan fingerprint density at radius 1 is 1.41 bits per heavy atom. The number of nitrogen functional groups attached to an aromatic ring is 1. The number of halogens is 2. The van der Waals surface area contributed by atoms with Crippen LogP contribution in [0.5, 0.6) is 0 Å². The molecule has 0 unspecified atom stereocenters. The van der Waals surface area contributed by atoms with Gasteiger partial charge in [-0.3, -0.25) is 0 Å². The van der Waals surface area contributed by atoms with E-state index in [9.17, 15) is 0 Å². The fourth-order valence-electron chi connectivity index (χ4n) is 1.35. The molecular weight excluding hydrogens is 320 g/mol. The fourth-order valence-corrected chi connectivity index (χ4v) is 2.96. The maximum absolute atomic E-state index is 6.02. The van der Waals surface area contributed by atoms with Gasteiger partial charge in [-0.15, -0.1) is 0 Å². The molecule has 1 heterocycles. The lowest BCUT2D eigenvalue weighted by Gasteiger charge is -2.08. The van der Waals surface area contributed by atoms with Crippen LogP contribution in [0.15, 0.2) is 44.9 Å². The van der Waals surface area contributed by atoms with Gasteiger partial charge in [0.1, 0.15) is 5.03 Å². The molecule has 0 spiro atoms. The second kappa shape index (κ2) is 5.29. The number of hydrogen-bond acceptors (Lipinski definition) is 3. The molecule has 0 bridgehead atoms. The Labute approximate surface area is 118 Å². The lowest BCUT2D eigenvalue weighted by atomic mass is 10.2. The highest BCUT2D eigenvalue weighted by Gasteiger charge is 2.08. The van der Waals surface area contributed by atoms with Crippen LogP contribution < -0.4 is 5.73 Å². The van der Waals surface area contributed by atoms with Crippen molar-refractivity contribution in [3.63, 3.8) is 0 Å². The number of hydrogen-bond donors (Lipinski definition) is 1. The van der Waals surface area contributed by atoms with Crippen molar-refractivity contribution in [1.82, 2.24) is 4.98 Å². The summed E-state index contributed by atoms with van der Waals surface area (Å²) in [6, 6.07) is 7.60. The molecular formula is C12H10BrClN2S. The van der Waals surface area contributed by atoms with Crippen LogP contribution >= 0.6 is 39.3 Å². The molecule has 0 radical (unpaired) electrons. The molecule has 0 aliphatic carbocycles. The van der Waals surface area contributed by atoms with Crippen LogP contribution in [-0.2, 0) is 0 Å². The Kier molecular flexibility index (Phi) is 3.97. The SMILES string of the molecule is Cc1cc(N)c(Cl)cc1Sc1ncccc1Br. The average Bonchev–Trinajstić information content (AvgIpc) is 2.29. The van der Waals surface area contributed by atoms with E-state index in [0.717, 1.165) is 20.0 Å². The third-order valence-electron chi connectivity index (χ3n) is 2.23. The molecule has 0 amide bonds. The van der Waals surface area contributed by atoms with Crippen molar-refractivity contribution in [1.29, 1.82) is 0 Å². The van der Waals surface area contributed by atoms with Gasteiger partial charge in [-0.05, 0) is 52.7 Å². The second-order valence-corrected chi connectivity index (χ2v) is 5.82. The number of rotatable bonds is 2. The van der Waals surface area contributed by atoms with Crippen molar-refractivity contribution in [3.05, 3.63) is 45.5 Å². The third kappa shape index (κ3) is 2.94. The zero-order valence-corrected chi connectivity index (χ0v) is 12.2. The topological polar surface area (TPSA) is 38.9 Å². The highest BCUT2D eigenvalue weighted by atomic mass is 79.9. The summed E-state index contributed by atoms with van der Waals surface area (Å²) in [6.07, 6.45) is 1.77. The standard InChI is InChI=1S/C12H10BrClN2S/c1-7-5-10(15)9(14)6-11(7)17-12-8(13)3-2-4-16-12/h2-6H,15H2,1H3. The van der Waals surface area contributed by atoms with Crippen molar-refractivity contribution < 1.29 is 0 Å². The molecule has 1 aromatic carbocycles. The van der Waals surface area contributed by atoms with Crippen molar-refractivity contribution in [2.24, 2.45) is 0 Å². The second-order valence-electron chi connectivity index (χ2n) is 3.53. The summed E-state index contributed by atoms with van der Waals surface area (Å²) < 4.78 is 0.970. The van der Waals surface area contributed by atoms with Gasteiger partial charge in [-0.2, -0.15) is 0 Å². The minimum Gasteiger partial charge on any atom is -0.398 e. The first-order chi connectivity index (χ1) is 8.08.